The van der Waals surface area contributed by atoms with Crippen LogP contribution in [0.4, 0.5) is 18.0 Å². The van der Waals surface area contributed by atoms with Crippen LogP contribution in [0.5, 0.6) is 0 Å². The van der Waals surface area contributed by atoms with Crippen molar-refractivity contribution in [2.24, 2.45) is 45.6 Å². The largest absolute Gasteiger partial charge is 0.522 e. The second kappa shape index (κ2) is 13.5. The van der Waals surface area contributed by atoms with Gasteiger partial charge in [-0.15, -0.1) is 13.2 Å². The average Bonchev–Trinajstić information content (AvgIpc) is 3.27. The topological polar surface area (TPSA) is 83.4 Å². The first-order valence-electron chi connectivity index (χ1n) is 16.4. The summed E-state index contributed by atoms with van der Waals surface area (Å²) >= 11 is 0. The molecule has 0 aromatic carbocycles. The highest BCUT2D eigenvalue weighted by Crippen LogP contribution is 2.67. The van der Waals surface area contributed by atoms with Gasteiger partial charge in [0.25, 0.3) is 0 Å². The Labute approximate surface area is 256 Å². The van der Waals surface area contributed by atoms with E-state index in [1.54, 1.807) is 0 Å². The molecular weight excluding hydrogens is 561 g/mol. The molecule has 0 unspecified atom stereocenters. The summed E-state index contributed by atoms with van der Waals surface area (Å²) in [5.41, 5.74) is 1.21. The normalized spacial score (nSPS) is 36.5. The number of carbonyl (C=O) groups excluding carboxylic acids is 1. The molecule has 0 aliphatic heterocycles. The summed E-state index contributed by atoms with van der Waals surface area (Å²) in [6, 6.07) is 0. The number of quaternary nitrogens is 1. The standard InChI is InChI=1S/C32H56F3N4O4/c1-22(37-43-29(41)38(18-20-42-32(33,34)35)17-15-36-16-19-39(4,5)6)26-9-10-27-25-8-7-23-21-24(40)11-13-30(23,2)28(25)12-14-31(26,27)3/h23-28,36,40H,7-21H2,1-6H3/q+1/b37-22+/t23-,24-,25+,26-,27+,28+,30+,31-/m1/s1. The van der Waals surface area contributed by atoms with Crippen molar-refractivity contribution in [1.82, 2.24) is 10.2 Å². The Hall–Kier alpha value is -1.43. The summed E-state index contributed by atoms with van der Waals surface area (Å²) < 4.78 is 42.5. The van der Waals surface area contributed by atoms with E-state index in [1.807, 2.05) is 6.92 Å². The van der Waals surface area contributed by atoms with E-state index in [-0.39, 0.29) is 30.5 Å². The van der Waals surface area contributed by atoms with Gasteiger partial charge < -0.3 is 19.8 Å². The van der Waals surface area contributed by atoms with Gasteiger partial charge in [-0.1, -0.05) is 19.0 Å². The highest BCUT2D eigenvalue weighted by atomic mass is 19.4. The molecule has 4 fully saturated rings. The van der Waals surface area contributed by atoms with E-state index in [1.165, 1.54) is 24.2 Å². The van der Waals surface area contributed by atoms with E-state index in [0.29, 0.717) is 42.2 Å². The second-order valence-corrected chi connectivity index (χ2v) is 15.4. The zero-order valence-electron chi connectivity index (χ0n) is 27.2. The van der Waals surface area contributed by atoms with E-state index < -0.39 is 19.1 Å². The van der Waals surface area contributed by atoms with E-state index in [0.717, 1.165) is 55.3 Å². The number of alkyl halides is 3. The molecule has 1 amide bonds. The third-order valence-electron chi connectivity index (χ3n) is 11.8. The van der Waals surface area contributed by atoms with Crippen LogP contribution in [0.15, 0.2) is 5.16 Å². The minimum atomic E-state index is -4.75. The predicted molar refractivity (Wildman–Crippen MR) is 160 cm³/mol. The third-order valence-corrected chi connectivity index (χ3v) is 11.8. The number of hydrogen-bond donors (Lipinski definition) is 2. The van der Waals surface area contributed by atoms with Gasteiger partial charge in [0.2, 0.25) is 0 Å². The first-order valence-corrected chi connectivity index (χ1v) is 16.4. The monoisotopic (exact) mass is 617 g/mol. The van der Waals surface area contributed by atoms with Gasteiger partial charge in [0.05, 0.1) is 46.1 Å². The number of likely N-dealkylation sites (N-methyl/N-ethyl adjacent to an activating group) is 1. The molecule has 43 heavy (non-hydrogen) atoms. The summed E-state index contributed by atoms with van der Waals surface area (Å²) in [6.07, 6.45) is 4.24. The fraction of sp³-hybridized carbons (Fsp3) is 0.938. The lowest BCUT2D eigenvalue weighted by molar-refractivity contribution is -0.869. The number of halogens is 3. The minimum Gasteiger partial charge on any atom is -0.393 e. The molecular formula is C32H56F3N4O4+. The molecule has 0 aromatic heterocycles. The van der Waals surface area contributed by atoms with Crippen LogP contribution in [0, 0.1) is 40.4 Å². The molecule has 4 saturated carbocycles. The number of oxime groups is 1. The smallest absolute Gasteiger partial charge is 0.393 e. The molecule has 0 heterocycles. The lowest BCUT2D eigenvalue weighted by Gasteiger charge is -2.61. The number of rotatable bonds is 11. The van der Waals surface area contributed by atoms with Gasteiger partial charge in [0, 0.05) is 32.1 Å². The van der Waals surface area contributed by atoms with Crippen molar-refractivity contribution in [2.75, 3.05) is 60.5 Å². The fourth-order valence-electron chi connectivity index (χ4n) is 9.47. The number of hydrogen-bond acceptors (Lipinski definition) is 6. The highest BCUT2D eigenvalue weighted by Gasteiger charge is 2.60. The molecule has 248 valence electrons. The molecule has 4 aliphatic rings. The van der Waals surface area contributed by atoms with Crippen LogP contribution in [-0.2, 0) is 9.57 Å². The summed E-state index contributed by atoms with van der Waals surface area (Å²) in [7, 11) is 6.23. The molecule has 2 N–H and O–H groups in total. The molecule has 11 heteroatoms. The molecule has 8 atom stereocenters. The maximum Gasteiger partial charge on any atom is 0.522 e. The van der Waals surface area contributed by atoms with Gasteiger partial charge in [-0.3, -0.25) is 9.57 Å². The van der Waals surface area contributed by atoms with E-state index >= 15 is 0 Å². The third kappa shape index (κ3) is 8.24. The molecule has 0 saturated heterocycles. The van der Waals surface area contributed by atoms with Gasteiger partial charge in [-0.05, 0) is 99.2 Å². The number of ether oxygens (including phenoxy) is 1. The van der Waals surface area contributed by atoms with Crippen molar-refractivity contribution in [3.63, 3.8) is 0 Å². The van der Waals surface area contributed by atoms with Crippen LogP contribution in [0.3, 0.4) is 0 Å². The Morgan fingerprint density at radius 2 is 1.70 bits per heavy atom. The molecule has 4 aliphatic carbocycles. The van der Waals surface area contributed by atoms with Crippen LogP contribution in [0.1, 0.15) is 78.6 Å². The average molecular weight is 618 g/mol. The number of aliphatic hydroxyl groups excluding tert-OH is 1. The summed E-state index contributed by atoms with van der Waals surface area (Å²) in [4.78, 5) is 19.6. The van der Waals surface area contributed by atoms with Crippen LogP contribution in [0.25, 0.3) is 0 Å². The Bertz CT molecular complexity index is 989. The summed E-state index contributed by atoms with van der Waals surface area (Å²) in [5, 5.41) is 17.9. The Morgan fingerprint density at radius 3 is 2.40 bits per heavy atom. The van der Waals surface area contributed by atoms with Crippen LogP contribution in [0.2, 0.25) is 0 Å². The predicted octanol–water partition coefficient (Wildman–Crippen LogP) is 5.65. The van der Waals surface area contributed by atoms with Crippen LogP contribution in [-0.4, -0.2) is 99.2 Å². The molecule has 0 bridgehead atoms. The van der Waals surface area contributed by atoms with E-state index in [9.17, 15) is 23.1 Å². The molecule has 0 radical (unpaired) electrons. The van der Waals surface area contributed by atoms with Gasteiger partial charge in [0.15, 0.2) is 0 Å². The van der Waals surface area contributed by atoms with Crippen LogP contribution >= 0.6 is 0 Å². The Balaban J connectivity index is 1.36. The van der Waals surface area contributed by atoms with Crippen molar-refractivity contribution in [3.8, 4) is 0 Å². The number of nitrogens with zero attached hydrogens (tertiary/aromatic N) is 3. The summed E-state index contributed by atoms with van der Waals surface area (Å²) in [5.74, 6) is 2.83. The minimum absolute atomic E-state index is 0.0915. The fourth-order valence-corrected chi connectivity index (χ4v) is 9.47. The number of amides is 1. The van der Waals surface area contributed by atoms with Crippen molar-refractivity contribution in [1.29, 1.82) is 0 Å². The number of fused-ring (bicyclic) bond motifs is 5. The number of nitrogens with one attached hydrogen (secondary N) is 1. The molecule has 0 aromatic rings. The first-order chi connectivity index (χ1) is 20.0. The van der Waals surface area contributed by atoms with Crippen LogP contribution < -0.4 is 5.32 Å². The van der Waals surface area contributed by atoms with Crippen molar-refractivity contribution in [2.45, 2.75) is 91.0 Å². The molecule has 8 nitrogen and oxygen atoms in total. The van der Waals surface area contributed by atoms with Gasteiger partial charge in [-0.25, -0.2) is 4.79 Å². The van der Waals surface area contributed by atoms with Crippen molar-refractivity contribution in [3.05, 3.63) is 0 Å². The SMILES string of the molecule is C/C(=N\OC(=O)N(CCNCC[N+](C)(C)C)CCOC(F)(F)F)[C@H]1CC[C@H]2[C@@H]3CC[C@@H]4C[C@H](O)CC[C@]4(C)[C@H]3CC[C@]12C. The zero-order valence-corrected chi connectivity index (χ0v) is 27.2. The summed E-state index contributed by atoms with van der Waals surface area (Å²) in [6.45, 7) is 8.12. The number of aliphatic hydroxyl groups is 1. The van der Waals surface area contributed by atoms with Gasteiger partial charge in [-0.2, -0.15) is 0 Å². The van der Waals surface area contributed by atoms with Crippen molar-refractivity contribution < 1.29 is 37.1 Å². The number of carbonyl (C=O) groups is 1. The molecule has 4 rings (SSSR count). The lowest BCUT2D eigenvalue weighted by Crippen LogP contribution is -2.54. The Kier molecular flexibility index (Phi) is 10.8. The Morgan fingerprint density at radius 1 is 1.00 bits per heavy atom. The van der Waals surface area contributed by atoms with Gasteiger partial charge in [0.1, 0.15) is 0 Å². The molecule has 0 spiro atoms. The maximum absolute atomic E-state index is 13.0. The lowest BCUT2D eigenvalue weighted by atomic mass is 9.44. The van der Waals surface area contributed by atoms with Crippen molar-refractivity contribution >= 4 is 11.8 Å². The highest BCUT2D eigenvalue weighted by molar-refractivity contribution is 5.85. The van der Waals surface area contributed by atoms with Gasteiger partial charge >= 0.3 is 12.5 Å². The van der Waals surface area contributed by atoms with E-state index in [2.05, 4.69) is 50.2 Å². The quantitative estimate of drug-likeness (QED) is 0.103. The van der Waals surface area contributed by atoms with E-state index in [4.69, 9.17) is 4.84 Å². The maximum atomic E-state index is 13.0. The second-order valence-electron chi connectivity index (χ2n) is 15.4. The zero-order chi connectivity index (χ0) is 31.6. The first kappa shape index (κ1) is 34.4.